The van der Waals surface area contributed by atoms with Crippen molar-refractivity contribution in [2.24, 2.45) is 0 Å². The molecule has 3 amide bonds. The van der Waals surface area contributed by atoms with E-state index in [1.807, 2.05) is 50.1 Å². The molecule has 1 aliphatic heterocycles. The van der Waals surface area contributed by atoms with Gasteiger partial charge in [0.05, 0.1) is 18.0 Å². The van der Waals surface area contributed by atoms with Crippen molar-refractivity contribution in [3.63, 3.8) is 0 Å². The molecule has 2 heterocycles. The summed E-state index contributed by atoms with van der Waals surface area (Å²) in [6.07, 6.45) is 0. The lowest BCUT2D eigenvalue weighted by molar-refractivity contribution is -0.134. The van der Waals surface area contributed by atoms with E-state index in [1.54, 1.807) is 9.80 Å². The third-order valence-electron chi connectivity index (χ3n) is 4.34. The summed E-state index contributed by atoms with van der Waals surface area (Å²) in [5.41, 5.74) is -0.286. The van der Waals surface area contributed by atoms with Gasteiger partial charge in [-0.25, -0.2) is 0 Å². The quantitative estimate of drug-likeness (QED) is 0.789. The van der Waals surface area contributed by atoms with Crippen molar-refractivity contribution in [1.29, 1.82) is 0 Å². The predicted octanol–water partition coefficient (Wildman–Crippen LogP) is 1.27. The third-order valence-corrected chi connectivity index (χ3v) is 5.20. The van der Waals surface area contributed by atoms with Gasteiger partial charge in [-0.15, -0.1) is 11.3 Å². The summed E-state index contributed by atoms with van der Waals surface area (Å²) < 4.78 is 0. The number of carbonyl (C=O) groups excluding carboxylic acids is 3. The minimum absolute atomic E-state index is 0.00336. The summed E-state index contributed by atoms with van der Waals surface area (Å²) in [6.45, 7) is 10.9. The van der Waals surface area contributed by atoms with Gasteiger partial charge in [0.2, 0.25) is 11.8 Å². The zero-order valence-corrected chi connectivity index (χ0v) is 17.5. The van der Waals surface area contributed by atoms with Gasteiger partial charge in [-0.3, -0.25) is 19.3 Å². The van der Waals surface area contributed by atoms with Gasteiger partial charge in [-0.05, 0) is 38.8 Å². The van der Waals surface area contributed by atoms with E-state index < -0.39 is 0 Å². The second-order valence-electron chi connectivity index (χ2n) is 7.75. The molecular formula is C19H30N4O3S. The lowest BCUT2D eigenvalue weighted by Gasteiger charge is -2.35. The number of hydrogen-bond acceptors (Lipinski definition) is 5. The van der Waals surface area contributed by atoms with Crippen LogP contribution in [0.1, 0.15) is 37.4 Å². The van der Waals surface area contributed by atoms with Crippen molar-refractivity contribution in [2.45, 2.75) is 33.2 Å². The first-order valence-electron chi connectivity index (χ1n) is 9.33. The second kappa shape index (κ2) is 9.32. The van der Waals surface area contributed by atoms with Gasteiger partial charge < -0.3 is 15.1 Å². The molecule has 0 unspecified atom stereocenters. The van der Waals surface area contributed by atoms with Crippen LogP contribution in [0.25, 0.3) is 0 Å². The van der Waals surface area contributed by atoms with Gasteiger partial charge in [-0.2, -0.15) is 0 Å². The summed E-state index contributed by atoms with van der Waals surface area (Å²) in [4.78, 5) is 43.2. The van der Waals surface area contributed by atoms with Crippen LogP contribution in [0.15, 0.2) is 17.5 Å². The van der Waals surface area contributed by atoms with Crippen molar-refractivity contribution >= 4 is 29.1 Å². The van der Waals surface area contributed by atoms with Crippen molar-refractivity contribution in [2.75, 3.05) is 45.8 Å². The smallest absolute Gasteiger partial charge is 0.264 e. The molecule has 27 heavy (non-hydrogen) atoms. The average molecular weight is 395 g/mol. The number of carbonyl (C=O) groups is 3. The lowest BCUT2D eigenvalue weighted by atomic mass is 10.1. The molecule has 0 spiro atoms. The Hall–Kier alpha value is -1.93. The number of piperazine rings is 1. The van der Waals surface area contributed by atoms with E-state index >= 15 is 0 Å². The number of amides is 3. The summed E-state index contributed by atoms with van der Waals surface area (Å²) in [6, 6.07) is 3.69. The first-order chi connectivity index (χ1) is 12.7. The van der Waals surface area contributed by atoms with Gasteiger partial charge in [0.15, 0.2) is 0 Å². The number of rotatable bonds is 6. The SMILES string of the molecule is CCN(CC(=O)NC(C)(C)C)CC(=O)N1CCN(C(=O)c2cccs2)CC1. The van der Waals surface area contributed by atoms with E-state index in [9.17, 15) is 14.4 Å². The Morgan fingerprint density at radius 2 is 1.74 bits per heavy atom. The first kappa shape index (κ1) is 21.4. The van der Waals surface area contributed by atoms with Crippen LogP contribution in [0.3, 0.4) is 0 Å². The molecule has 150 valence electrons. The fourth-order valence-electron chi connectivity index (χ4n) is 2.95. The molecule has 1 fully saturated rings. The van der Waals surface area contributed by atoms with E-state index in [-0.39, 0.29) is 36.3 Å². The van der Waals surface area contributed by atoms with Crippen molar-refractivity contribution in [1.82, 2.24) is 20.0 Å². The first-order valence-corrected chi connectivity index (χ1v) is 10.2. The molecule has 1 aliphatic rings. The molecule has 0 aromatic carbocycles. The van der Waals surface area contributed by atoms with Crippen LogP contribution in [0.2, 0.25) is 0 Å². The zero-order valence-electron chi connectivity index (χ0n) is 16.7. The molecule has 0 aliphatic carbocycles. The monoisotopic (exact) mass is 394 g/mol. The van der Waals surface area contributed by atoms with Gasteiger partial charge in [-0.1, -0.05) is 13.0 Å². The van der Waals surface area contributed by atoms with Crippen molar-refractivity contribution in [3.8, 4) is 0 Å². The zero-order chi connectivity index (χ0) is 20.0. The van der Waals surface area contributed by atoms with Crippen LogP contribution in [0, 0.1) is 0 Å². The molecule has 8 heteroatoms. The minimum Gasteiger partial charge on any atom is -0.350 e. The van der Waals surface area contributed by atoms with Crippen LogP contribution >= 0.6 is 11.3 Å². The summed E-state index contributed by atoms with van der Waals surface area (Å²) >= 11 is 1.44. The van der Waals surface area contributed by atoms with Crippen LogP contribution in [-0.2, 0) is 9.59 Å². The second-order valence-corrected chi connectivity index (χ2v) is 8.70. The Kier molecular flexibility index (Phi) is 7.38. The molecule has 0 saturated carbocycles. The maximum atomic E-state index is 12.6. The minimum atomic E-state index is -0.286. The summed E-state index contributed by atoms with van der Waals surface area (Å²) in [5.74, 6) is -0.0433. The molecule has 0 radical (unpaired) electrons. The average Bonchev–Trinajstić information content (AvgIpc) is 3.13. The molecule has 1 aromatic heterocycles. The van der Waals surface area contributed by atoms with Gasteiger partial charge >= 0.3 is 0 Å². The number of hydrogen-bond donors (Lipinski definition) is 1. The van der Waals surface area contributed by atoms with E-state index in [2.05, 4.69) is 5.32 Å². The normalized spacial score (nSPS) is 15.1. The fourth-order valence-corrected chi connectivity index (χ4v) is 3.64. The highest BCUT2D eigenvalue weighted by Crippen LogP contribution is 2.14. The topological polar surface area (TPSA) is 73.0 Å². The maximum absolute atomic E-state index is 12.6. The van der Waals surface area contributed by atoms with Crippen LogP contribution in [0.5, 0.6) is 0 Å². The summed E-state index contributed by atoms with van der Waals surface area (Å²) in [5, 5.41) is 4.81. The van der Waals surface area contributed by atoms with Crippen molar-refractivity contribution in [3.05, 3.63) is 22.4 Å². The van der Waals surface area contributed by atoms with Gasteiger partial charge in [0.1, 0.15) is 0 Å². The molecular weight excluding hydrogens is 364 g/mol. The Morgan fingerprint density at radius 3 is 2.26 bits per heavy atom. The van der Waals surface area contributed by atoms with E-state index in [0.717, 1.165) is 4.88 Å². The fraction of sp³-hybridized carbons (Fsp3) is 0.632. The van der Waals surface area contributed by atoms with Gasteiger partial charge in [0, 0.05) is 31.7 Å². The highest BCUT2D eigenvalue weighted by atomic mass is 32.1. The lowest BCUT2D eigenvalue weighted by Crippen LogP contribution is -2.53. The number of nitrogens with zero attached hydrogens (tertiary/aromatic N) is 3. The van der Waals surface area contributed by atoms with Gasteiger partial charge in [0.25, 0.3) is 5.91 Å². The standard InChI is InChI=1S/C19H30N4O3S/c1-5-21(13-16(24)20-19(2,3)4)14-17(25)22-8-10-23(11-9-22)18(26)15-7-6-12-27-15/h6-7,12H,5,8-11,13-14H2,1-4H3,(H,20,24). The predicted molar refractivity (Wildman–Crippen MR) is 107 cm³/mol. The Morgan fingerprint density at radius 1 is 1.11 bits per heavy atom. The van der Waals surface area contributed by atoms with Crippen LogP contribution < -0.4 is 5.32 Å². The third kappa shape index (κ3) is 6.62. The largest absolute Gasteiger partial charge is 0.350 e. The van der Waals surface area contributed by atoms with Crippen LogP contribution in [0.4, 0.5) is 0 Å². The molecule has 1 N–H and O–H groups in total. The van der Waals surface area contributed by atoms with E-state index in [1.165, 1.54) is 11.3 Å². The number of thiophene rings is 1. The summed E-state index contributed by atoms with van der Waals surface area (Å²) in [7, 11) is 0. The number of likely N-dealkylation sites (N-methyl/N-ethyl adjacent to an activating group) is 1. The molecule has 1 saturated heterocycles. The number of nitrogens with one attached hydrogen (secondary N) is 1. The maximum Gasteiger partial charge on any atom is 0.264 e. The molecule has 0 atom stereocenters. The van der Waals surface area contributed by atoms with E-state index in [4.69, 9.17) is 0 Å². The highest BCUT2D eigenvalue weighted by Gasteiger charge is 2.26. The van der Waals surface area contributed by atoms with E-state index in [0.29, 0.717) is 32.7 Å². The molecule has 2 rings (SSSR count). The molecule has 7 nitrogen and oxygen atoms in total. The van der Waals surface area contributed by atoms with Crippen LogP contribution in [-0.4, -0.2) is 83.8 Å². The Bertz CT molecular complexity index is 646. The van der Waals surface area contributed by atoms with Crippen molar-refractivity contribution < 1.29 is 14.4 Å². The molecule has 0 bridgehead atoms. The Labute approximate surface area is 165 Å². The highest BCUT2D eigenvalue weighted by molar-refractivity contribution is 7.12. The Balaban J connectivity index is 1.80. The molecule has 1 aromatic rings.